The van der Waals surface area contributed by atoms with Crippen LogP contribution < -0.4 is 4.90 Å². The van der Waals surface area contributed by atoms with Crippen molar-refractivity contribution in [2.24, 2.45) is 0 Å². The van der Waals surface area contributed by atoms with Gasteiger partial charge in [0.15, 0.2) is 0 Å². The predicted octanol–water partition coefficient (Wildman–Crippen LogP) is 2.17. The van der Waals surface area contributed by atoms with Crippen molar-refractivity contribution in [3.63, 3.8) is 0 Å². The molecule has 3 amide bonds. The lowest BCUT2D eigenvalue weighted by atomic mass is 10.1. The molecule has 0 radical (unpaired) electrons. The number of carbonyl (C=O) groups excluding carboxylic acids is 2. The molecule has 0 aliphatic carbocycles. The van der Waals surface area contributed by atoms with Gasteiger partial charge in [0.25, 0.3) is 0 Å². The van der Waals surface area contributed by atoms with E-state index in [1.54, 1.807) is 14.1 Å². The summed E-state index contributed by atoms with van der Waals surface area (Å²) in [6.07, 6.45) is 0. The average molecular weight is 280 g/mol. The number of nitriles is 1. The Hall–Kier alpha value is -1.94. The third-order valence-electron chi connectivity index (χ3n) is 2.45. The maximum Gasteiger partial charge on any atom is 0.331 e. The van der Waals surface area contributed by atoms with Crippen molar-refractivity contribution >= 4 is 28.5 Å². The summed E-state index contributed by atoms with van der Waals surface area (Å²) in [5, 5.41) is 9.53. The van der Waals surface area contributed by atoms with Crippen LogP contribution in [0.5, 0.6) is 0 Å². The number of urea groups is 1. The molecule has 0 saturated heterocycles. The minimum absolute atomic E-state index is 0.0583. The summed E-state index contributed by atoms with van der Waals surface area (Å²) in [6.45, 7) is 5.11. The van der Waals surface area contributed by atoms with Crippen LogP contribution in [-0.2, 0) is 4.79 Å². The fourth-order valence-corrected chi connectivity index (χ4v) is 2.53. The normalized spacial score (nSPS) is 10.2. The quantitative estimate of drug-likeness (QED) is 0.831. The Balaban J connectivity index is 3.37. The van der Waals surface area contributed by atoms with E-state index in [9.17, 15) is 14.9 Å². The topological polar surface area (TPSA) is 77.3 Å². The maximum atomic E-state index is 12.0. The number of amides is 3. The lowest BCUT2D eigenvalue weighted by Gasteiger charge is -2.21. The van der Waals surface area contributed by atoms with Crippen LogP contribution in [0.3, 0.4) is 0 Å². The van der Waals surface area contributed by atoms with Crippen LogP contribution in [0.4, 0.5) is 9.80 Å². The van der Waals surface area contributed by atoms with Crippen molar-refractivity contribution in [3.8, 4) is 6.07 Å². The van der Waals surface area contributed by atoms with Gasteiger partial charge in [-0.2, -0.15) is 9.64 Å². The van der Waals surface area contributed by atoms with Gasteiger partial charge in [-0.05, 0) is 17.5 Å². The smallest absolute Gasteiger partial charge is 0.330 e. The van der Waals surface area contributed by atoms with Gasteiger partial charge in [-0.15, -0.1) is 0 Å². The number of hydrogen-bond donors (Lipinski definition) is 0. The molecule has 19 heavy (non-hydrogen) atoms. The summed E-state index contributed by atoms with van der Waals surface area (Å²) < 4.78 is 4.19. The molecule has 102 valence electrons. The Morgan fingerprint density at radius 3 is 2.32 bits per heavy atom. The first-order valence-corrected chi connectivity index (χ1v) is 6.50. The zero-order valence-corrected chi connectivity index (χ0v) is 12.4. The SMILES string of the molecule is CC(=O)N(C(=O)N(C)C)c1snc(C(C)C)c1C#N. The molecule has 7 heteroatoms. The Labute approximate surface area is 116 Å². The first-order chi connectivity index (χ1) is 8.81. The maximum absolute atomic E-state index is 12.0. The second-order valence-electron chi connectivity index (χ2n) is 4.55. The molecule has 0 atom stereocenters. The summed E-state index contributed by atoms with van der Waals surface area (Å²) in [4.78, 5) is 26.0. The van der Waals surface area contributed by atoms with E-state index >= 15 is 0 Å². The second-order valence-corrected chi connectivity index (χ2v) is 5.30. The molecule has 0 aromatic carbocycles. The summed E-state index contributed by atoms with van der Waals surface area (Å²) in [5.74, 6) is -0.378. The first kappa shape index (κ1) is 15.1. The number of carbonyl (C=O) groups is 2. The van der Waals surface area contributed by atoms with Crippen molar-refractivity contribution in [2.45, 2.75) is 26.7 Å². The van der Waals surface area contributed by atoms with Gasteiger partial charge in [-0.1, -0.05) is 13.8 Å². The Kier molecular flexibility index (Phi) is 4.62. The molecule has 0 N–H and O–H groups in total. The van der Waals surface area contributed by atoms with Crippen LogP contribution >= 0.6 is 11.5 Å². The van der Waals surface area contributed by atoms with Crippen molar-refractivity contribution in [3.05, 3.63) is 11.3 Å². The number of imide groups is 1. The van der Waals surface area contributed by atoms with E-state index in [0.29, 0.717) is 11.3 Å². The largest absolute Gasteiger partial charge is 0.331 e. The molecule has 0 spiro atoms. The van der Waals surface area contributed by atoms with Crippen molar-refractivity contribution in [1.29, 1.82) is 5.26 Å². The number of nitrogens with zero attached hydrogens (tertiary/aromatic N) is 4. The molecule has 0 unspecified atom stereocenters. The number of hydrogen-bond acceptors (Lipinski definition) is 5. The summed E-state index contributed by atoms with van der Waals surface area (Å²) >= 11 is 0.996. The molecule has 1 rings (SSSR count). The van der Waals surface area contributed by atoms with Crippen LogP contribution in [0, 0.1) is 11.3 Å². The zero-order chi connectivity index (χ0) is 14.7. The van der Waals surface area contributed by atoms with Crippen LogP contribution in [0.15, 0.2) is 0 Å². The van der Waals surface area contributed by atoms with E-state index in [-0.39, 0.29) is 10.9 Å². The van der Waals surface area contributed by atoms with Crippen LogP contribution in [0.1, 0.15) is 37.9 Å². The van der Waals surface area contributed by atoms with Gasteiger partial charge in [-0.25, -0.2) is 9.69 Å². The van der Waals surface area contributed by atoms with E-state index in [1.165, 1.54) is 11.8 Å². The van der Waals surface area contributed by atoms with E-state index in [1.807, 2.05) is 19.9 Å². The molecular weight excluding hydrogens is 264 g/mol. The van der Waals surface area contributed by atoms with Gasteiger partial charge in [-0.3, -0.25) is 4.79 Å². The fourth-order valence-electron chi connectivity index (χ4n) is 1.51. The minimum Gasteiger partial charge on any atom is -0.330 e. The molecule has 0 bridgehead atoms. The molecule has 1 aromatic rings. The predicted molar refractivity (Wildman–Crippen MR) is 73.2 cm³/mol. The molecule has 0 aliphatic rings. The van der Waals surface area contributed by atoms with Crippen LogP contribution in [0.2, 0.25) is 0 Å². The van der Waals surface area contributed by atoms with E-state index in [4.69, 9.17) is 0 Å². The minimum atomic E-state index is -0.483. The highest BCUT2D eigenvalue weighted by Crippen LogP contribution is 2.32. The highest BCUT2D eigenvalue weighted by atomic mass is 32.1. The monoisotopic (exact) mass is 280 g/mol. The third kappa shape index (κ3) is 2.90. The zero-order valence-electron chi connectivity index (χ0n) is 11.6. The second kappa shape index (κ2) is 5.80. The van der Waals surface area contributed by atoms with Gasteiger partial charge in [0, 0.05) is 21.0 Å². The molecule has 0 fully saturated rings. The highest BCUT2D eigenvalue weighted by Gasteiger charge is 2.29. The van der Waals surface area contributed by atoms with Crippen LogP contribution in [0.25, 0.3) is 0 Å². The average Bonchev–Trinajstić information content (AvgIpc) is 2.72. The Morgan fingerprint density at radius 2 is 1.95 bits per heavy atom. The summed E-state index contributed by atoms with van der Waals surface area (Å²) in [6, 6.07) is 1.55. The van der Waals surface area contributed by atoms with Crippen molar-refractivity contribution in [1.82, 2.24) is 9.27 Å². The number of aromatic nitrogens is 1. The van der Waals surface area contributed by atoms with Crippen molar-refractivity contribution in [2.75, 3.05) is 19.0 Å². The van der Waals surface area contributed by atoms with Crippen LogP contribution in [-0.4, -0.2) is 35.3 Å². The Morgan fingerprint density at radius 1 is 1.37 bits per heavy atom. The number of rotatable bonds is 2. The molecule has 0 saturated carbocycles. The van der Waals surface area contributed by atoms with Gasteiger partial charge in [0.2, 0.25) is 5.91 Å². The Bertz CT molecular complexity index is 542. The molecular formula is C12H16N4O2S. The first-order valence-electron chi connectivity index (χ1n) is 5.72. The molecule has 6 nitrogen and oxygen atoms in total. The molecule has 0 aliphatic heterocycles. The third-order valence-corrected chi connectivity index (χ3v) is 3.30. The lowest BCUT2D eigenvalue weighted by molar-refractivity contribution is -0.115. The fraction of sp³-hybridized carbons (Fsp3) is 0.500. The van der Waals surface area contributed by atoms with Gasteiger partial charge in [0.05, 0.1) is 5.69 Å². The summed E-state index contributed by atoms with van der Waals surface area (Å²) in [5.41, 5.74) is 0.908. The van der Waals surface area contributed by atoms with Gasteiger partial charge in [0.1, 0.15) is 16.6 Å². The highest BCUT2D eigenvalue weighted by molar-refractivity contribution is 7.11. The van der Waals surface area contributed by atoms with Gasteiger partial charge >= 0.3 is 6.03 Å². The van der Waals surface area contributed by atoms with Crippen molar-refractivity contribution < 1.29 is 9.59 Å². The van der Waals surface area contributed by atoms with E-state index in [2.05, 4.69) is 4.37 Å². The standard InChI is InChI=1S/C12H16N4O2S/c1-7(2)10-9(6-13)11(19-14-10)16(8(3)17)12(18)15(4)5/h7H,1-5H3. The lowest BCUT2D eigenvalue weighted by Crippen LogP contribution is -2.42. The number of anilines is 1. The van der Waals surface area contributed by atoms with E-state index < -0.39 is 11.9 Å². The molecule has 1 heterocycles. The van der Waals surface area contributed by atoms with E-state index in [0.717, 1.165) is 16.4 Å². The molecule has 1 aromatic heterocycles. The summed E-state index contributed by atoms with van der Waals surface area (Å²) in [7, 11) is 3.10. The van der Waals surface area contributed by atoms with Gasteiger partial charge < -0.3 is 4.90 Å².